The Balaban J connectivity index is 4.69. The number of carbonyl (C=O) groups is 1. The van der Waals surface area contributed by atoms with Gasteiger partial charge >= 0.3 is 5.97 Å². The summed E-state index contributed by atoms with van der Waals surface area (Å²) in [5.41, 5.74) is 1.59. The molecular formula is C10H15NO2. The van der Waals surface area contributed by atoms with Gasteiger partial charge in [-0.05, 0) is 26.3 Å². The molecule has 3 heteroatoms. The molecule has 0 rings (SSSR count). The van der Waals surface area contributed by atoms with E-state index in [1.165, 1.54) is 6.92 Å². The zero-order valence-electron chi connectivity index (χ0n) is 8.55. The fourth-order valence-corrected chi connectivity index (χ4v) is 0.831. The van der Waals surface area contributed by atoms with Crippen LogP contribution in [0.1, 0.15) is 27.7 Å². The first-order chi connectivity index (χ1) is 5.99. The summed E-state index contributed by atoms with van der Waals surface area (Å²) in [5, 5.41) is 0. The fraction of sp³-hybridized carbons (Fsp3) is 0.400. The van der Waals surface area contributed by atoms with Crippen LogP contribution in [0.3, 0.4) is 0 Å². The molecule has 3 nitrogen and oxygen atoms in total. The summed E-state index contributed by atoms with van der Waals surface area (Å²) < 4.78 is 4.82. The van der Waals surface area contributed by atoms with Crippen molar-refractivity contribution < 1.29 is 9.53 Å². The molecule has 0 bridgehead atoms. The minimum atomic E-state index is -0.380. The molecule has 0 aliphatic carbocycles. The Morgan fingerprint density at radius 3 is 2.23 bits per heavy atom. The van der Waals surface area contributed by atoms with E-state index in [4.69, 9.17) is 4.74 Å². The van der Waals surface area contributed by atoms with E-state index in [-0.39, 0.29) is 5.97 Å². The molecule has 0 unspecified atom stereocenters. The first-order valence-corrected chi connectivity index (χ1v) is 4.03. The van der Waals surface area contributed by atoms with Gasteiger partial charge in [0.15, 0.2) is 0 Å². The molecule has 0 aliphatic rings. The van der Waals surface area contributed by atoms with Crippen molar-refractivity contribution >= 4 is 12.2 Å². The molecule has 0 aromatic carbocycles. The molecule has 0 amide bonds. The highest BCUT2D eigenvalue weighted by Crippen LogP contribution is 2.15. The fourth-order valence-electron chi connectivity index (χ4n) is 0.831. The maximum absolute atomic E-state index is 10.6. The third-order valence-electron chi connectivity index (χ3n) is 1.26. The Morgan fingerprint density at radius 1 is 1.38 bits per heavy atom. The Bertz CT molecular complexity index is 271. The molecule has 0 N–H and O–H groups in total. The third-order valence-corrected chi connectivity index (χ3v) is 1.26. The van der Waals surface area contributed by atoms with E-state index in [0.717, 1.165) is 5.57 Å². The number of nitrogens with zero attached hydrogens (tertiary/aromatic N) is 1. The lowest BCUT2D eigenvalue weighted by molar-refractivity contribution is -0.136. The average Bonchev–Trinajstić information content (AvgIpc) is 1.97. The highest BCUT2D eigenvalue weighted by atomic mass is 16.5. The standard InChI is InChI=1S/C10H15NO2/c1-6-11-10(7(2)3)8(4)13-9(5)12/h6H,4H2,1-3,5H3. The molecule has 0 aromatic rings. The highest BCUT2D eigenvalue weighted by molar-refractivity contribution is 5.68. The summed E-state index contributed by atoms with van der Waals surface area (Å²) in [5.74, 6) is -0.0827. The number of allylic oxidation sites excluding steroid dienone is 1. The van der Waals surface area contributed by atoms with Gasteiger partial charge in [-0.2, -0.15) is 0 Å². The van der Waals surface area contributed by atoms with Gasteiger partial charge in [0, 0.05) is 13.1 Å². The average molecular weight is 181 g/mol. The van der Waals surface area contributed by atoms with E-state index >= 15 is 0 Å². The molecule has 0 fully saturated rings. The second kappa shape index (κ2) is 5.30. The maximum Gasteiger partial charge on any atom is 0.308 e. The summed E-state index contributed by atoms with van der Waals surface area (Å²) >= 11 is 0. The van der Waals surface area contributed by atoms with Crippen LogP contribution in [0.2, 0.25) is 0 Å². The number of aliphatic imine (C=N–C) groups is 1. The van der Waals surface area contributed by atoms with Gasteiger partial charge in [-0.15, -0.1) is 0 Å². The zero-order valence-corrected chi connectivity index (χ0v) is 8.55. The van der Waals surface area contributed by atoms with Crippen molar-refractivity contribution in [2.45, 2.75) is 27.7 Å². The smallest absolute Gasteiger partial charge is 0.308 e. The lowest BCUT2D eigenvalue weighted by atomic mass is 10.2. The van der Waals surface area contributed by atoms with Gasteiger partial charge < -0.3 is 4.74 Å². The highest BCUT2D eigenvalue weighted by Gasteiger charge is 2.06. The van der Waals surface area contributed by atoms with Gasteiger partial charge in [0.1, 0.15) is 11.5 Å². The largest absolute Gasteiger partial charge is 0.425 e. The third kappa shape index (κ3) is 4.25. The van der Waals surface area contributed by atoms with Crippen LogP contribution in [0.15, 0.2) is 28.6 Å². The van der Waals surface area contributed by atoms with Gasteiger partial charge in [-0.1, -0.05) is 6.58 Å². The van der Waals surface area contributed by atoms with Crippen LogP contribution >= 0.6 is 0 Å². The van der Waals surface area contributed by atoms with E-state index in [0.29, 0.717) is 11.5 Å². The topological polar surface area (TPSA) is 38.7 Å². The molecule has 0 spiro atoms. The predicted molar refractivity (Wildman–Crippen MR) is 53.4 cm³/mol. The number of hydrogen-bond acceptors (Lipinski definition) is 3. The molecule has 0 radical (unpaired) electrons. The predicted octanol–water partition coefficient (Wildman–Crippen LogP) is 2.45. The van der Waals surface area contributed by atoms with Crippen molar-refractivity contribution in [1.29, 1.82) is 0 Å². The first-order valence-electron chi connectivity index (χ1n) is 4.03. The molecule has 0 saturated carbocycles. The quantitative estimate of drug-likeness (QED) is 0.290. The molecule has 0 saturated heterocycles. The van der Waals surface area contributed by atoms with Gasteiger partial charge in [0.2, 0.25) is 0 Å². The number of rotatable bonds is 3. The van der Waals surface area contributed by atoms with Crippen LogP contribution in [-0.4, -0.2) is 12.2 Å². The maximum atomic E-state index is 10.6. The van der Waals surface area contributed by atoms with E-state index in [9.17, 15) is 4.79 Å². The van der Waals surface area contributed by atoms with Crippen molar-refractivity contribution in [3.63, 3.8) is 0 Å². The normalized spacial score (nSPS) is 9.85. The van der Waals surface area contributed by atoms with Gasteiger partial charge in [-0.3, -0.25) is 9.79 Å². The van der Waals surface area contributed by atoms with E-state index < -0.39 is 0 Å². The van der Waals surface area contributed by atoms with Crippen molar-refractivity contribution in [3.05, 3.63) is 23.6 Å². The van der Waals surface area contributed by atoms with Crippen LogP contribution in [-0.2, 0) is 9.53 Å². The van der Waals surface area contributed by atoms with Crippen LogP contribution < -0.4 is 0 Å². The van der Waals surface area contributed by atoms with Crippen LogP contribution in [0, 0.1) is 0 Å². The monoisotopic (exact) mass is 181 g/mol. The minimum Gasteiger partial charge on any atom is -0.425 e. The first kappa shape index (κ1) is 11.6. The van der Waals surface area contributed by atoms with Gasteiger partial charge in [0.25, 0.3) is 0 Å². The van der Waals surface area contributed by atoms with Crippen LogP contribution in [0.25, 0.3) is 0 Å². The van der Waals surface area contributed by atoms with Gasteiger partial charge in [0.05, 0.1) is 0 Å². The van der Waals surface area contributed by atoms with Crippen LogP contribution in [0.4, 0.5) is 0 Å². The molecule has 72 valence electrons. The summed E-state index contributed by atoms with van der Waals surface area (Å²) in [6, 6.07) is 0. The Hall–Kier alpha value is -1.38. The zero-order chi connectivity index (χ0) is 10.4. The van der Waals surface area contributed by atoms with E-state index in [1.807, 2.05) is 13.8 Å². The summed E-state index contributed by atoms with van der Waals surface area (Å²) in [4.78, 5) is 14.7. The Kier molecular flexibility index (Phi) is 4.74. The lowest BCUT2D eigenvalue weighted by Crippen LogP contribution is -2.00. The van der Waals surface area contributed by atoms with Crippen molar-refractivity contribution in [3.8, 4) is 0 Å². The van der Waals surface area contributed by atoms with Crippen molar-refractivity contribution in [2.75, 3.05) is 0 Å². The molecule has 0 aliphatic heterocycles. The number of hydrogen-bond donors (Lipinski definition) is 0. The van der Waals surface area contributed by atoms with E-state index in [1.54, 1.807) is 13.1 Å². The summed E-state index contributed by atoms with van der Waals surface area (Å²) in [6.07, 6.45) is 1.64. The molecule has 13 heavy (non-hydrogen) atoms. The van der Waals surface area contributed by atoms with Crippen molar-refractivity contribution in [2.24, 2.45) is 4.99 Å². The summed E-state index contributed by atoms with van der Waals surface area (Å²) in [7, 11) is 0. The van der Waals surface area contributed by atoms with Crippen molar-refractivity contribution in [1.82, 2.24) is 0 Å². The second-order valence-corrected chi connectivity index (χ2v) is 2.75. The van der Waals surface area contributed by atoms with Gasteiger partial charge in [-0.25, -0.2) is 0 Å². The number of ether oxygens (including phenoxy) is 1. The lowest BCUT2D eigenvalue weighted by Gasteiger charge is -2.06. The second-order valence-electron chi connectivity index (χ2n) is 2.75. The molecule has 0 aromatic heterocycles. The molecule has 0 heterocycles. The Labute approximate surface area is 78.8 Å². The molecular weight excluding hydrogens is 166 g/mol. The minimum absolute atomic E-state index is 0.297. The van der Waals surface area contributed by atoms with Crippen LogP contribution in [0.5, 0.6) is 0 Å². The SMILES string of the molecule is C=C(OC(C)=O)C(N=CC)=C(C)C. The molecule has 0 atom stereocenters. The Morgan fingerprint density at radius 2 is 1.92 bits per heavy atom. The summed E-state index contributed by atoms with van der Waals surface area (Å²) in [6.45, 7) is 10.5. The number of esters is 1. The van der Waals surface area contributed by atoms with E-state index in [2.05, 4.69) is 11.6 Å². The number of carbonyl (C=O) groups excluding carboxylic acids is 1.